The SMILES string of the molecule is COc1ccc(S(=O)(=O)N(CC(=O)N(Cc2ccccc2F)[C@H](Cc2ccccc2)C(=O)NCC(C)C)c2ccc(Cl)cc2)cc1OC. The minimum Gasteiger partial charge on any atom is -0.493 e. The quantitative estimate of drug-likeness (QED) is 0.161. The van der Waals surface area contributed by atoms with Gasteiger partial charge >= 0.3 is 0 Å². The maximum absolute atomic E-state index is 15.1. The highest BCUT2D eigenvalue weighted by Gasteiger charge is 2.35. The number of amides is 2. The van der Waals surface area contributed by atoms with Gasteiger partial charge in [-0.25, -0.2) is 12.8 Å². The number of carbonyl (C=O) groups is 2. The lowest BCUT2D eigenvalue weighted by molar-refractivity contribution is -0.140. The van der Waals surface area contributed by atoms with Crippen molar-refractivity contribution >= 4 is 39.1 Å². The van der Waals surface area contributed by atoms with E-state index in [0.29, 0.717) is 17.3 Å². The molecule has 0 unspecified atom stereocenters. The second kappa shape index (κ2) is 16.5. The summed E-state index contributed by atoms with van der Waals surface area (Å²) in [5.41, 5.74) is 1.08. The number of halogens is 2. The van der Waals surface area contributed by atoms with E-state index in [1.165, 1.54) is 79.8 Å². The highest BCUT2D eigenvalue weighted by Crippen LogP contribution is 2.33. The Balaban J connectivity index is 1.83. The summed E-state index contributed by atoms with van der Waals surface area (Å²) < 4.78 is 55.3. The summed E-state index contributed by atoms with van der Waals surface area (Å²) in [6, 6.07) is 24.1. The van der Waals surface area contributed by atoms with Crippen LogP contribution in [0.5, 0.6) is 11.5 Å². The number of ether oxygens (including phenoxy) is 2. The van der Waals surface area contributed by atoms with Crippen LogP contribution in [0.4, 0.5) is 10.1 Å². The van der Waals surface area contributed by atoms with Crippen molar-refractivity contribution in [3.8, 4) is 11.5 Å². The average molecular weight is 696 g/mol. The molecule has 0 bridgehead atoms. The number of hydrogen-bond acceptors (Lipinski definition) is 6. The monoisotopic (exact) mass is 695 g/mol. The first-order valence-corrected chi connectivity index (χ1v) is 17.1. The summed E-state index contributed by atoms with van der Waals surface area (Å²) in [6.45, 7) is 3.23. The van der Waals surface area contributed by atoms with Crippen molar-refractivity contribution in [1.82, 2.24) is 10.2 Å². The average Bonchev–Trinajstić information content (AvgIpc) is 3.08. The fraction of sp³-hybridized carbons (Fsp3) is 0.278. The number of nitrogens with one attached hydrogen (secondary N) is 1. The lowest BCUT2D eigenvalue weighted by Gasteiger charge is -2.34. The molecule has 1 N–H and O–H groups in total. The minimum atomic E-state index is -4.43. The van der Waals surface area contributed by atoms with Crippen LogP contribution in [0.3, 0.4) is 0 Å². The summed E-state index contributed by atoms with van der Waals surface area (Å²) in [4.78, 5) is 29.5. The fourth-order valence-electron chi connectivity index (χ4n) is 5.03. The third-order valence-corrected chi connectivity index (χ3v) is 9.61. The van der Waals surface area contributed by atoms with Gasteiger partial charge < -0.3 is 19.7 Å². The fourth-order valence-corrected chi connectivity index (χ4v) is 6.58. The van der Waals surface area contributed by atoms with Crippen LogP contribution in [-0.2, 0) is 32.6 Å². The number of sulfonamides is 1. The second-order valence-corrected chi connectivity index (χ2v) is 13.8. The van der Waals surface area contributed by atoms with Crippen molar-refractivity contribution in [1.29, 1.82) is 0 Å². The van der Waals surface area contributed by atoms with E-state index < -0.39 is 40.2 Å². The standard InChI is InChI=1S/C36H39ClFN3O6S/c1-25(2)22-39-36(43)32(20-26-10-6-5-7-11-26)40(23-27-12-8-9-13-31(27)38)35(42)24-41(29-16-14-28(37)15-17-29)48(44,45)30-18-19-33(46-3)34(21-30)47-4/h5-19,21,25,32H,20,22-24H2,1-4H3,(H,39,43)/t32-/m1/s1. The molecule has 254 valence electrons. The van der Waals surface area contributed by atoms with Gasteiger partial charge in [0.25, 0.3) is 10.0 Å². The molecule has 4 rings (SSSR count). The van der Waals surface area contributed by atoms with E-state index in [4.69, 9.17) is 21.1 Å². The number of rotatable bonds is 15. The molecule has 4 aromatic rings. The van der Waals surface area contributed by atoms with Gasteiger partial charge in [0, 0.05) is 36.2 Å². The van der Waals surface area contributed by atoms with Gasteiger partial charge in [-0.05, 0) is 53.9 Å². The van der Waals surface area contributed by atoms with Crippen LogP contribution >= 0.6 is 11.6 Å². The Morgan fingerprint density at radius 3 is 2.15 bits per heavy atom. The molecular weight excluding hydrogens is 657 g/mol. The third kappa shape index (κ3) is 9.05. The molecule has 0 saturated carbocycles. The first-order valence-electron chi connectivity index (χ1n) is 15.3. The first-order chi connectivity index (χ1) is 22.9. The number of carbonyl (C=O) groups excluding carboxylic acids is 2. The topological polar surface area (TPSA) is 105 Å². The molecule has 0 aliphatic carbocycles. The van der Waals surface area contributed by atoms with Crippen LogP contribution in [0.25, 0.3) is 0 Å². The van der Waals surface area contributed by atoms with E-state index >= 15 is 4.39 Å². The zero-order valence-corrected chi connectivity index (χ0v) is 28.8. The first kappa shape index (κ1) is 36.2. The summed E-state index contributed by atoms with van der Waals surface area (Å²) in [5.74, 6) is -1.13. The highest BCUT2D eigenvalue weighted by atomic mass is 35.5. The normalized spacial score (nSPS) is 11.9. The predicted octanol–water partition coefficient (Wildman–Crippen LogP) is 6.10. The Bertz CT molecular complexity index is 1810. The second-order valence-electron chi connectivity index (χ2n) is 11.5. The molecule has 0 aromatic heterocycles. The van der Waals surface area contributed by atoms with Gasteiger partial charge in [-0.15, -0.1) is 0 Å². The van der Waals surface area contributed by atoms with Crippen LogP contribution in [0.2, 0.25) is 5.02 Å². The molecule has 0 radical (unpaired) electrons. The third-order valence-electron chi connectivity index (χ3n) is 7.59. The molecule has 0 aliphatic heterocycles. The highest BCUT2D eigenvalue weighted by molar-refractivity contribution is 7.92. The molecule has 9 nitrogen and oxygen atoms in total. The maximum atomic E-state index is 15.1. The lowest BCUT2D eigenvalue weighted by Crippen LogP contribution is -2.53. The molecule has 0 fully saturated rings. The van der Waals surface area contributed by atoms with Gasteiger partial charge in [-0.3, -0.25) is 13.9 Å². The molecule has 12 heteroatoms. The lowest BCUT2D eigenvalue weighted by atomic mass is 10.0. The van der Waals surface area contributed by atoms with Crippen molar-refractivity contribution in [2.24, 2.45) is 5.92 Å². The van der Waals surface area contributed by atoms with E-state index in [2.05, 4.69) is 5.32 Å². The van der Waals surface area contributed by atoms with Gasteiger partial charge in [-0.1, -0.05) is 74.0 Å². The van der Waals surface area contributed by atoms with Crippen molar-refractivity contribution in [2.45, 2.75) is 37.8 Å². The number of anilines is 1. The summed E-state index contributed by atoms with van der Waals surface area (Å²) >= 11 is 6.13. The molecule has 0 saturated heterocycles. The Labute approximate surface area is 286 Å². The Kier molecular flexibility index (Phi) is 12.4. The van der Waals surface area contributed by atoms with Crippen molar-refractivity contribution in [3.05, 3.63) is 119 Å². The number of hydrogen-bond donors (Lipinski definition) is 1. The van der Waals surface area contributed by atoms with E-state index in [1.54, 1.807) is 6.07 Å². The van der Waals surface area contributed by atoms with E-state index in [0.717, 1.165) is 9.87 Å². The smallest absolute Gasteiger partial charge is 0.264 e. The van der Waals surface area contributed by atoms with Gasteiger partial charge in [0.15, 0.2) is 11.5 Å². The van der Waals surface area contributed by atoms with E-state index in [9.17, 15) is 18.0 Å². The van der Waals surface area contributed by atoms with Crippen LogP contribution in [0.1, 0.15) is 25.0 Å². The largest absolute Gasteiger partial charge is 0.493 e. The zero-order valence-electron chi connectivity index (χ0n) is 27.2. The number of benzene rings is 4. The molecule has 1 atom stereocenters. The molecule has 48 heavy (non-hydrogen) atoms. The maximum Gasteiger partial charge on any atom is 0.264 e. The van der Waals surface area contributed by atoms with Gasteiger partial charge in [-0.2, -0.15) is 0 Å². The van der Waals surface area contributed by atoms with Gasteiger partial charge in [0.05, 0.1) is 24.8 Å². The van der Waals surface area contributed by atoms with Crippen molar-refractivity contribution in [3.63, 3.8) is 0 Å². The molecule has 2 amide bonds. The summed E-state index contributed by atoms with van der Waals surface area (Å²) in [5, 5.41) is 3.27. The Hall–Kier alpha value is -4.61. The van der Waals surface area contributed by atoms with Crippen LogP contribution in [0, 0.1) is 11.7 Å². The molecule has 0 spiro atoms. The molecular formula is C36H39ClFN3O6S. The summed E-state index contributed by atoms with van der Waals surface area (Å²) in [7, 11) is -1.62. The summed E-state index contributed by atoms with van der Waals surface area (Å²) in [6.07, 6.45) is 0.105. The number of nitrogens with zero attached hydrogens (tertiary/aromatic N) is 2. The minimum absolute atomic E-state index is 0.105. The number of methoxy groups -OCH3 is 2. The van der Waals surface area contributed by atoms with E-state index in [-0.39, 0.29) is 40.8 Å². The van der Waals surface area contributed by atoms with E-state index in [1.807, 2.05) is 44.2 Å². The van der Waals surface area contributed by atoms with Crippen molar-refractivity contribution in [2.75, 3.05) is 31.6 Å². The molecule has 0 aliphatic rings. The predicted molar refractivity (Wildman–Crippen MR) is 184 cm³/mol. The zero-order chi connectivity index (χ0) is 34.8. The molecule has 0 heterocycles. The van der Waals surface area contributed by atoms with Gasteiger partial charge in [0.2, 0.25) is 11.8 Å². The van der Waals surface area contributed by atoms with Crippen LogP contribution in [-0.4, -0.2) is 58.5 Å². The Morgan fingerprint density at radius 1 is 0.875 bits per heavy atom. The molecule has 4 aromatic carbocycles. The van der Waals surface area contributed by atoms with Crippen LogP contribution < -0.4 is 19.1 Å². The Morgan fingerprint density at radius 2 is 1.52 bits per heavy atom. The van der Waals surface area contributed by atoms with Gasteiger partial charge in [0.1, 0.15) is 18.4 Å². The van der Waals surface area contributed by atoms with Crippen molar-refractivity contribution < 1.29 is 31.9 Å². The van der Waals surface area contributed by atoms with Crippen LogP contribution in [0.15, 0.2) is 102 Å².